The molecule has 36 heavy (non-hydrogen) atoms. The van der Waals surface area contributed by atoms with Crippen LogP contribution in [-0.2, 0) is 20.8 Å². The van der Waals surface area contributed by atoms with Gasteiger partial charge in [0.25, 0.3) is 0 Å². The van der Waals surface area contributed by atoms with Crippen LogP contribution in [0.25, 0.3) is 10.9 Å². The van der Waals surface area contributed by atoms with Crippen molar-refractivity contribution in [2.45, 2.75) is 32.1 Å². The average molecular weight is 491 g/mol. The van der Waals surface area contributed by atoms with Gasteiger partial charge in [-0.3, -0.25) is 9.69 Å². The second-order valence-corrected chi connectivity index (χ2v) is 8.89. The molecule has 0 unspecified atom stereocenters. The predicted molar refractivity (Wildman–Crippen MR) is 138 cm³/mol. The first-order valence-corrected chi connectivity index (χ1v) is 12.2. The summed E-state index contributed by atoms with van der Waals surface area (Å²) in [6, 6.07) is 18.5. The molecule has 2 aliphatic heterocycles. The molecule has 1 amide bonds. The summed E-state index contributed by atoms with van der Waals surface area (Å²) in [5.41, 5.74) is 4.14. The number of pyridine rings is 1. The molecule has 1 aromatic heterocycles. The highest BCUT2D eigenvalue weighted by molar-refractivity contribution is 6.27. The Kier molecular flexibility index (Phi) is 8.12. The Balaban J connectivity index is 0.000000455. The van der Waals surface area contributed by atoms with Crippen LogP contribution < -0.4 is 10.2 Å². The highest BCUT2D eigenvalue weighted by Gasteiger charge is 2.27. The SMILES string of the molecule is O=C(CN1CCCCCC1)Nc1c2c(nc3ccccc13)N(c1ccccc1)CC2.O=C(O)C(=O)O. The summed E-state index contributed by atoms with van der Waals surface area (Å²) >= 11 is 0. The predicted octanol–water partition coefficient (Wildman–Crippen LogP) is 3.90. The number of hydrogen-bond acceptors (Lipinski definition) is 6. The molecule has 9 heteroatoms. The minimum absolute atomic E-state index is 0.0774. The number of aliphatic carboxylic acids is 2. The standard InChI is InChI=1S/C25H28N4O.C2H2O4/c30-23(18-28-15-8-1-2-9-16-28)27-24-20-12-6-7-13-22(20)26-25-21(24)14-17-29(25)19-10-4-3-5-11-19;3-1(4)2(5)6/h3-7,10-13H,1-2,8-9,14-18H2,(H,26,27,30);(H,3,4)(H,5,6). The zero-order valence-corrected chi connectivity index (χ0v) is 20.0. The minimum Gasteiger partial charge on any atom is -0.473 e. The van der Waals surface area contributed by atoms with Crippen LogP contribution in [0.15, 0.2) is 54.6 Å². The molecule has 2 aliphatic rings. The Morgan fingerprint density at radius 2 is 1.47 bits per heavy atom. The van der Waals surface area contributed by atoms with Crippen molar-refractivity contribution in [1.82, 2.24) is 9.88 Å². The van der Waals surface area contributed by atoms with Crippen molar-refractivity contribution in [2.75, 3.05) is 36.4 Å². The van der Waals surface area contributed by atoms with E-state index in [0.717, 1.165) is 59.7 Å². The first kappa shape index (κ1) is 25.1. The van der Waals surface area contributed by atoms with Crippen molar-refractivity contribution in [3.05, 3.63) is 60.2 Å². The number of nitrogens with zero attached hydrogens (tertiary/aromatic N) is 3. The van der Waals surface area contributed by atoms with Crippen LogP contribution in [0.1, 0.15) is 31.2 Å². The molecule has 0 saturated carbocycles. The van der Waals surface area contributed by atoms with E-state index in [1.807, 2.05) is 24.3 Å². The smallest absolute Gasteiger partial charge is 0.414 e. The van der Waals surface area contributed by atoms with E-state index >= 15 is 0 Å². The van der Waals surface area contributed by atoms with Crippen LogP contribution in [0.4, 0.5) is 17.2 Å². The molecule has 188 valence electrons. The number of carbonyl (C=O) groups excluding carboxylic acids is 1. The maximum atomic E-state index is 13.0. The normalized spacial score (nSPS) is 15.4. The quantitative estimate of drug-likeness (QED) is 0.471. The minimum atomic E-state index is -1.82. The van der Waals surface area contributed by atoms with Crippen molar-refractivity contribution >= 4 is 45.9 Å². The molecule has 9 nitrogen and oxygen atoms in total. The van der Waals surface area contributed by atoms with E-state index in [0.29, 0.717) is 6.54 Å². The molecular formula is C27H30N4O5. The van der Waals surface area contributed by atoms with Crippen molar-refractivity contribution in [1.29, 1.82) is 0 Å². The molecule has 1 saturated heterocycles. The lowest BCUT2D eigenvalue weighted by Gasteiger charge is -2.21. The van der Waals surface area contributed by atoms with E-state index in [2.05, 4.69) is 45.4 Å². The summed E-state index contributed by atoms with van der Waals surface area (Å²) in [6.45, 7) is 3.38. The fourth-order valence-corrected chi connectivity index (χ4v) is 4.71. The third kappa shape index (κ3) is 5.98. The van der Waals surface area contributed by atoms with Crippen LogP contribution in [0.5, 0.6) is 0 Å². The summed E-state index contributed by atoms with van der Waals surface area (Å²) < 4.78 is 0. The molecule has 1 fully saturated rings. The van der Waals surface area contributed by atoms with E-state index in [-0.39, 0.29) is 5.91 Å². The van der Waals surface area contributed by atoms with Gasteiger partial charge in [0.2, 0.25) is 5.91 Å². The first-order valence-electron chi connectivity index (χ1n) is 12.2. The highest BCUT2D eigenvalue weighted by atomic mass is 16.4. The number of para-hydroxylation sites is 2. The zero-order chi connectivity index (χ0) is 25.5. The van der Waals surface area contributed by atoms with Crippen molar-refractivity contribution < 1.29 is 24.6 Å². The van der Waals surface area contributed by atoms with Gasteiger partial charge < -0.3 is 20.4 Å². The van der Waals surface area contributed by atoms with Gasteiger partial charge in [-0.1, -0.05) is 49.2 Å². The highest BCUT2D eigenvalue weighted by Crippen LogP contribution is 2.40. The number of carboxylic acid groups (broad SMARTS) is 2. The molecule has 0 spiro atoms. The number of likely N-dealkylation sites (tertiary alicyclic amines) is 1. The third-order valence-corrected chi connectivity index (χ3v) is 6.39. The number of nitrogens with one attached hydrogen (secondary N) is 1. The van der Waals surface area contributed by atoms with Crippen molar-refractivity contribution in [2.24, 2.45) is 0 Å². The molecule has 2 aromatic carbocycles. The number of hydrogen-bond donors (Lipinski definition) is 3. The summed E-state index contributed by atoms with van der Waals surface area (Å²) in [4.78, 5) is 40.7. The molecule has 0 bridgehead atoms. The molecular weight excluding hydrogens is 460 g/mol. The fraction of sp³-hybridized carbons (Fsp3) is 0.333. The fourth-order valence-electron chi connectivity index (χ4n) is 4.71. The van der Waals surface area contributed by atoms with Gasteiger partial charge in [-0.2, -0.15) is 0 Å². The van der Waals surface area contributed by atoms with Crippen molar-refractivity contribution in [3.63, 3.8) is 0 Å². The van der Waals surface area contributed by atoms with Gasteiger partial charge in [-0.15, -0.1) is 0 Å². The Labute approximate surface area is 209 Å². The van der Waals surface area contributed by atoms with E-state index in [4.69, 9.17) is 24.8 Å². The van der Waals surface area contributed by atoms with Gasteiger partial charge in [-0.25, -0.2) is 14.6 Å². The largest absolute Gasteiger partial charge is 0.473 e. The Morgan fingerprint density at radius 3 is 2.14 bits per heavy atom. The van der Waals surface area contributed by atoms with Crippen LogP contribution >= 0.6 is 0 Å². The van der Waals surface area contributed by atoms with E-state index in [1.54, 1.807) is 0 Å². The monoisotopic (exact) mass is 490 g/mol. The molecule has 0 radical (unpaired) electrons. The van der Waals surface area contributed by atoms with Gasteiger partial charge in [0.1, 0.15) is 5.82 Å². The number of aromatic nitrogens is 1. The average Bonchev–Trinajstić information content (AvgIpc) is 3.13. The van der Waals surface area contributed by atoms with E-state index in [1.165, 1.54) is 25.7 Å². The number of fused-ring (bicyclic) bond motifs is 2. The topological polar surface area (TPSA) is 123 Å². The lowest BCUT2D eigenvalue weighted by molar-refractivity contribution is -0.159. The lowest BCUT2D eigenvalue weighted by Crippen LogP contribution is -2.34. The second kappa shape index (κ2) is 11.6. The van der Waals surface area contributed by atoms with Gasteiger partial charge >= 0.3 is 11.9 Å². The van der Waals surface area contributed by atoms with E-state index in [9.17, 15) is 4.79 Å². The molecule has 0 atom stereocenters. The number of amides is 1. The zero-order valence-electron chi connectivity index (χ0n) is 20.0. The van der Waals surface area contributed by atoms with Crippen molar-refractivity contribution in [3.8, 4) is 0 Å². The maximum Gasteiger partial charge on any atom is 0.414 e. The maximum absolute atomic E-state index is 13.0. The molecule has 3 aromatic rings. The Morgan fingerprint density at radius 1 is 0.833 bits per heavy atom. The summed E-state index contributed by atoms with van der Waals surface area (Å²) in [6.07, 6.45) is 5.80. The number of anilines is 3. The number of carbonyl (C=O) groups is 3. The summed E-state index contributed by atoms with van der Waals surface area (Å²) in [5, 5.41) is 19.1. The first-order chi connectivity index (χ1) is 17.4. The van der Waals surface area contributed by atoms with E-state index < -0.39 is 11.9 Å². The Hall–Kier alpha value is -3.98. The number of benzene rings is 2. The third-order valence-electron chi connectivity index (χ3n) is 6.39. The molecule has 3 heterocycles. The molecule has 0 aliphatic carbocycles. The molecule has 3 N–H and O–H groups in total. The number of rotatable bonds is 4. The van der Waals surface area contributed by atoms with Gasteiger partial charge in [0, 0.05) is 23.2 Å². The van der Waals surface area contributed by atoms with Gasteiger partial charge in [0.15, 0.2) is 0 Å². The van der Waals surface area contributed by atoms with Gasteiger partial charge in [0.05, 0.1) is 17.7 Å². The van der Waals surface area contributed by atoms with Gasteiger partial charge in [-0.05, 0) is 50.6 Å². The number of carboxylic acids is 2. The summed E-state index contributed by atoms with van der Waals surface area (Å²) in [5.74, 6) is -2.61. The Bertz CT molecular complexity index is 1230. The van der Waals surface area contributed by atoms with Crippen LogP contribution in [0.3, 0.4) is 0 Å². The summed E-state index contributed by atoms with van der Waals surface area (Å²) in [7, 11) is 0. The van der Waals surface area contributed by atoms with Crippen LogP contribution in [0.2, 0.25) is 0 Å². The molecule has 5 rings (SSSR count). The second-order valence-electron chi connectivity index (χ2n) is 8.89. The van der Waals surface area contributed by atoms with Crippen LogP contribution in [-0.4, -0.2) is 64.1 Å². The lowest BCUT2D eigenvalue weighted by atomic mass is 10.1. The van der Waals surface area contributed by atoms with Crippen LogP contribution in [0, 0.1) is 0 Å².